The number of carbonyl (C=O) groups is 1. The van der Waals surface area contributed by atoms with E-state index in [-0.39, 0.29) is 23.6 Å². The Hall–Kier alpha value is -1.73. The summed E-state index contributed by atoms with van der Waals surface area (Å²) in [4.78, 5) is 12.7. The molecule has 6 nitrogen and oxygen atoms in total. The van der Waals surface area contributed by atoms with Crippen molar-refractivity contribution in [1.29, 1.82) is 0 Å². The maximum absolute atomic E-state index is 11.8. The number of hydrogen-bond acceptors (Lipinski definition) is 6. The van der Waals surface area contributed by atoms with Crippen LogP contribution in [0, 0.1) is 0 Å². The van der Waals surface area contributed by atoms with E-state index in [1.807, 2.05) is 19.9 Å². The van der Waals surface area contributed by atoms with E-state index < -0.39 is 0 Å². The summed E-state index contributed by atoms with van der Waals surface area (Å²) in [6.07, 6.45) is 0. The topological polar surface area (TPSA) is 94.0 Å². The standard InChI is InChI=1S/C13H15ClN4O2S/c1-7(2)12-17-18-13(20-12)16-11(19)6-21-8-3-4-10(15)9(14)5-8/h3-5,7H,6,15H2,1-2H3,(H,16,18,19). The number of halogens is 1. The maximum Gasteiger partial charge on any atom is 0.322 e. The fourth-order valence-corrected chi connectivity index (χ4v) is 2.40. The van der Waals surface area contributed by atoms with Gasteiger partial charge in [-0.05, 0) is 18.2 Å². The number of nitrogen functional groups attached to an aromatic ring is 1. The van der Waals surface area contributed by atoms with Gasteiger partial charge in [0.2, 0.25) is 11.8 Å². The summed E-state index contributed by atoms with van der Waals surface area (Å²) in [5, 5.41) is 10.6. The zero-order chi connectivity index (χ0) is 15.4. The minimum Gasteiger partial charge on any atom is -0.408 e. The third-order valence-electron chi connectivity index (χ3n) is 2.52. The van der Waals surface area contributed by atoms with Gasteiger partial charge in [0, 0.05) is 10.8 Å². The molecule has 0 aliphatic carbocycles. The van der Waals surface area contributed by atoms with Gasteiger partial charge in [-0.3, -0.25) is 10.1 Å². The lowest BCUT2D eigenvalue weighted by atomic mass is 10.2. The normalized spacial score (nSPS) is 10.9. The average Bonchev–Trinajstić information content (AvgIpc) is 2.89. The van der Waals surface area contributed by atoms with Gasteiger partial charge >= 0.3 is 6.01 Å². The molecule has 0 spiro atoms. The Morgan fingerprint density at radius 1 is 1.48 bits per heavy atom. The SMILES string of the molecule is CC(C)c1nnc(NC(=O)CSc2ccc(N)c(Cl)c2)o1. The molecule has 0 aliphatic heterocycles. The molecule has 0 radical (unpaired) electrons. The van der Waals surface area contributed by atoms with E-state index in [4.69, 9.17) is 21.8 Å². The van der Waals surface area contributed by atoms with Gasteiger partial charge in [0.25, 0.3) is 0 Å². The largest absolute Gasteiger partial charge is 0.408 e. The lowest BCUT2D eigenvalue weighted by Crippen LogP contribution is -2.14. The third kappa shape index (κ3) is 4.37. The molecule has 2 aromatic rings. The summed E-state index contributed by atoms with van der Waals surface area (Å²) in [6.45, 7) is 3.86. The summed E-state index contributed by atoms with van der Waals surface area (Å²) >= 11 is 7.26. The van der Waals surface area contributed by atoms with Crippen LogP contribution in [0.2, 0.25) is 5.02 Å². The Morgan fingerprint density at radius 3 is 2.86 bits per heavy atom. The van der Waals surface area contributed by atoms with Crippen LogP contribution in [-0.4, -0.2) is 21.9 Å². The monoisotopic (exact) mass is 326 g/mol. The number of nitrogens with one attached hydrogen (secondary N) is 1. The molecule has 0 bridgehead atoms. The Balaban J connectivity index is 1.88. The quantitative estimate of drug-likeness (QED) is 0.647. The van der Waals surface area contributed by atoms with Crippen molar-refractivity contribution < 1.29 is 9.21 Å². The molecule has 21 heavy (non-hydrogen) atoms. The van der Waals surface area contributed by atoms with E-state index in [2.05, 4.69) is 15.5 Å². The van der Waals surface area contributed by atoms with Crippen molar-refractivity contribution >= 4 is 41.0 Å². The van der Waals surface area contributed by atoms with E-state index in [0.717, 1.165) is 4.90 Å². The van der Waals surface area contributed by atoms with E-state index in [0.29, 0.717) is 16.6 Å². The summed E-state index contributed by atoms with van der Waals surface area (Å²) < 4.78 is 5.30. The molecule has 2 rings (SSSR count). The molecule has 112 valence electrons. The van der Waals surface area contributed by atoms with Gasteiger partial charge in [-0.25, -0.2) is 0 Å². The second kappa shape index (κ2) is 6.82. The molecule has 1 heterocycles. The van der Waals surface area contributed by atoms with Crippen molar-refractivity contribution in [3.8, 4) is 0 Å². The molecule has 0 atom stereocenters. The van der Waals surface area contributed by atoms with E-state index in [1.165, 1.54) is 11.8 Å². The summed E-state index contributed by atoms with van der Waals surface area (Å²) in [6, 6.07) is 5.34. The van der Waals surface area contributed by atoms with Gasteiger partial charge in [0.15, 0.2) is 0 Å². The number of hydrogen-bond donors (Lipinski definition) is 2. The first-order chi connectivity index (χ1) is 9.95. The number of benzene rings is 1. The second-order valence-electron chi connectivity index (χ2n) is 4.62. The van der Waals surface area contributed by atoms with Crippen molar-refractivity contribution in [1.82, 2.24) is 10.2 Å². The number of anilines is 2. The Bertz CT molecular complexity index is 645. The van der Waals surface area contributed by atoms with Crippen LogP contribution in [0.5, 0.6) is 0 Å². The predicted molar refractivity (Wildman–Crippen MR) is 83.6 cm³/mol. The predicted octanol–water partition coefficient (Wildman–Crippen LogP) is 3.16. The van der Waals surface area contributed by atoms with Crippen LogP contribution >= 0.6 is 23.4 Å². The van der Waals surface area contributed by atoms with Crippen molar-refractivity contribution in [3.05, 3.63) is 29.1 Å². The smallest absolute Gasteiger partial charge is 0.322 e. The van der Waals surface area contributed by atoms with Crippen molar-refractivity contribution in [3.63, 3.8) is 0 Å². The molecule has 0 saturated carbocycles. The molecule has 0 aliphatic rings. The van der Waals surface area contributed by atoms with E-state index in [9.17, 15) is 4.79 Å². The van der Waals surface area contributed by atoms with Crippen LogP contribution in [0.3, 0.4) is 0 Å². The zero-order valence-electron chi connectivity index (χ0n) is 11.6. The number of aromatic nitrogens is 2. The highest BCUT2D eigenvalue weighted by atomic mass is 35.5. The molecule has 0 unspecified atom stereocenters. The highest BCUT2D eigenvalue weighted by Crippen LogP contribution is 2.26. The molecule has 0 saturated heterocycles. The number of amides is 1. The average molecular weight is 327 g/mol. The van der Waals surface area contributed by atoms with Crippen molar-refractivity contribution in [2.24, 2.45) is 0 Å². The lowest BCUT2D eigenvalue weighted by molar-refractivity contribution is -0.113. The van der Waals surface area contributed by atoms with Gasteiger partial charge < -0.3 is 10.2 Å². The molecule has 1 amide bonds. The molecule has 0 fully saturated rings. The summed E-state index contributed by atoms with van der Waals surface area (Å²) in [5.41, 5.74) is 6.14. The van der Waals surface area contributed by atoms with E-state index >= 15 is 0 Å². The number of nitrogens with zero attached hydrogens (tertiary/aromatic N) is 2. The van der Waals surface area contributed by atoms with Crippen LogP contribution in [0.25, 0.3) is 0 Å². The number of nitrogens with two attached hydrogens (primary N) is 1. The molecular formula is C13H15ClN4O2S. The fourth-order valence-electron chi connectivity index (χ4n) is 1.42. The maximum atomic E-state index is 11.8. The Labute approximate surface area is 131 Å². The molecule has 1 aromatic carbocycles. The number of rotatable bonds is 5. The highest BCUT2D eigenvalue weighted by Gasteiger charge is 2.12. The van der Waals surface area contributed by atoms with Gasteiger partial charge in [-0.1, -0.05) is 30.5 Å². The Morgan fingerprint density at radius 2 is 2.24 bits per heavy atom. The third-order valence-corrected chi connectivity index (χ3v) is 3.84. The minimum atomic E-state index is -0.230. The van der Waals surface area contributed by atoms with Crippen molar-refractivity contribution in [2.45, 2.75) is 24.7 Å². The summed E-state index contributed by atoms with van der Waals surface area (Å²) in [7, 11) is 0. The van der Waals surface area contributed by atoms with Crippen LogP contribution < -0.4 is 11.1 Å². The molecule has 3 N–H and O–H groups in total. The van der Waals surface area contributed by atoms with Crippen molar-refractivity contribution in [2.75, 3.05) is 16.8 Å². The first-order valence-corrected chi connectivity index (χ1v) is 7.63. The minimum absolute atomic E-state index is 0.111. The molecular weight excluding hydrogens is 312 g/mol. The lowest BCUT2D eigenvalue weighted by Gasteiger charge is -2.03. The second-order valence-corrected chi connectivity index (χ2v) is 6.08. The van der Waals surface area contributed by atoms with Crippen LogP contribution in [0.4, 0.5) is 11.7 Å². The van der Waals surface area contributed by atoms with E-state index in [1.54, 1.807) is 12.1 Å². The zero-order valence-corrected chi connectivity index (χ0v) is 13.2. The first-order valence-electron chi connectivity index (χ1n) is 6.27. The molecule has 8 heteroatoms. The first kappa shape index (κ1) is 15.7. The fraction of sp³-hybridized carbons (Fsp3) is 0.308. The molecule has 1 aromatic heterocycles. The summed E-state index contributed by atoms with van der Waals surface area (Å²) in [5.74, 6) is 0.587. The highest BCUT2D eigenvalue weighted by molar-refractivity contribution is 8.00. The number of thioether (sulfide) groups is 1. The van der Waals surface area contributed by atoms with Gasteiger partial charge in [0.05, 0.1) is 16.5 Å². The van der Waals surface area contributed by atoms with Crippen LogP contribution in [-0.2, 0) is 4.79 Å². The van der Waals surface area contributed by atoms with Gasteiger partial charge in [-0.2, -0.15) is 0 Å². The van der Waals surface area contributed by atoms with Crippen LogP contribution in [0.15, 0.2) is 27.5 Å². The van der Waals surface area contributed by atoms with Crippen LogP contribution in [0.1, 0.15) is 25.7 Å². The van der Waals surface area contributed by atoms with Gasteiger partial charge in [-0.15, -0.1) is 16.9 Å². The Kier molecular flexibility index (Phi) is 5.08. The van der Waals surface area contributed by atoms with Gasteiger partial charge in [0.1, 0.15) is 0 Å². The number of carbonyl (C=O) groups excluding carboxylic acids is 1.